The summed E-state index contributed by atoms with van der Waals surface area (Å²) >= 11 is 0. The maximum atomic E-state index is 10.6. The lowest BCUT2D eigenvalue weighted by Gasteiger charge is -2.02. The van der Waals surface area contributed by atoms with Crippen LogP contribution in [-0.2, 0) is 4.79 Å². The van der Waals surface area contributed by atoms with Gasteiger partial charge in [0.05, 0.1) is 10.5 Å². The molecule has 5 heteroatoms. The van der Waals surface area contributed by atoms with Crippen molar-refractivity contribution in [2.24, 2.45) is 0 Å². The number of nitro benzene ring substituents is 1. The Hall–Kier alpha value is -2.17. The van der Waals surface area contributed by atoms with Gasteiger partial charge in [0, 0.05) is 11.6 Å². The topological polar surface area (TPSA) is 80.4 Å². The number of carbonyl (C=O) groups is 1. The van der Waals surface area contributed by atoms with E-state index < -0.39 is 10.9 Å². The molecule has 0 aromatic heterocycles. The zero-order chi connectivity index (χ0) is 11.6. The van der Waals surface area contributed by atoms with Crippen LogP contribution in [0, 0.1) is 17.0 Å². The lowest BCUT2D eigenvalue weighted by molar-refractivity contribution is -0.385. The monoisotopic (exact) mass is 207 g/mol. The highest BCUT2D eigenvalue weighted by molar-refractivity contribution is 6.14. The van der Waals surface area contributed by atoms with Crippen molar-refractivity contribution in [3.05, 3.63) is 46.0 Å². The van der Waals surface area contributed by atoms with Crippen molar-refractivity contribution >= 4 is 17.2 Å². The van der Waals surface area contributed by atoms with E-state index in [1.807, 2.05) is 0 Å². The molecule has 0 aliphatic rings. The number of aliphatic carboxylic acids is 1. The van der Waals surface area contributed by atoms with E-state index in [-0.39, 0.29) is 11.3 Å². The number of carboxylic acids is 1. The maximum Gasteiger partial charge on any atom is 0.335 e. The Balaban J connectivity index is 3.18. The van der Waals surface area contributed by atoms with Gasteiger partial charge in [-0.2, -0.15) is 0 Å². The first-order chi connectivity index (χ1) is 6.93. The van der Waals surface area contributed by atoms with Gasteiger partial charge in [-0.15, -0.1) is 0 Å². The third-order valence-electron chi connectivity index (χ3n) is 2.00. The Bertz CT molecular complexity index is 451. The minimum absolute atomic E-state index is 0.0306. The van der Waals surface area contributed by atoms with E-state index >= 15 is 0 Å². The molecule has 0 amide bonds. The molecular formula is C10H9NO4. The summed E-state index contributed by atoms with van der Waals surface area (Å²) < 4.78 is 0. The zero-order valence-corrected chi connectivity index (χ0v) is 8.06. The lowest BCUT2D eigenvalue weighted by atomic mass is 10.0. The van der Waals surface area contributed by atoms with E-state index in [9.17, 15) is 14.9 Å². The molecular weight excluding hydrogens is 198 g/mol. The van der Waals surface area contributed by atoms with Gasteiger partial charge in [-0.3, -0.25) is 10.1 Å². The van der Waals surface area contributed by atoms with Gasteiger partial charge in [0.25, 0.3) is 5.69 Å². The molecule has 0 aliphatic heterocycles. The average Bonchev–Trinajstić information content (AvgIpc) is 2.15. The van der Waals surface area contributed by atoms with E-state index in [4.69, 9.17) is 5.11 Å². The number of hydrogen-bond acceptors (Lipinski definition) is 3. The fourth-order valence-electron chi connectivity index (χ4n) is 1.17. The van der Waals surface area contributed by atoms with Crippen LogP contribution in [-0.4, -0.2) is 16.0 Å². The summed E-state index contributed by atoms with van der Waals surface area (Å²) in [6, 6.07) is 4.09. The highest BCUT2D eigenvalue weighted by atomic mass is 16.6. The molecule has 0 bridgehead atoms. The molecule has 0 heterocycles. The van der Waals surface area contributed by atoms with Gasteiger partial charge in [-0.05, 0) is 24.6 Å². The molecule has 0 radical (unpaired) electrons. The van der Waals surface area contributed by atoms with Crippen molar-refractivity contribution in [3.8, 4) is 0 Å². The molecule has 0 aliphatic carbocycles. The Kier molecular flexibility index (Phi) is 2.85. The van der Waals surface area contributed by atoms with Gasteiger partial charge in [-0.1, -0.05) is 6.58 Å². The number of hydrogen-bond donors (Lipinski definition) is 1. The summed E-state index contributed by atoms with van der Waals surface area (Å²) in [5, 5.41) is 19.2. The Morgan fingerprint density at radius 3 is 2.53 bits per heavy atom. The van der Waals surface area contributed by atoms with Crippen LogP contribution >= 0.6 is 0 Å². The molecule has 0 fully saturated rings. The summed E-state index contributed by atoms with van der Waals surface area (Å²) in [5.41, 5.74) is 0.690. The molecule has 0 atom stereocenters. The minimum Gasteiger partial charge on any atom is -0.478 e. The first-order valence-electron chi connectivity index (χ1n) is 4.11. The molecule has 0 saturated carbocycles. The normalized spacial score (nSPS) is 9.67. The van der Waals surface area contributed by atoms with Gasteiger partial charge >= 0.3 is 5.97 Å². The summed E-state index contributed by atoms with van der Waals surface area (Å²) in [7, 11) is 0. The van der Waals surface area contributed by atoms with Crippen LogP contribution in [0.1, 0.15) is 11.1 Å². The van der Waals surface area contributed by atoms with Crippen molar-refractivity contribution in [1.29, 1.82) is 0 Å². The van der Waals surface area contributed by atoms with E-state index in [1.165, 1.54) is 18.2 Å². The van der Waals surface area contributed by atoms with Gasteiger partial charge in [-0.25, -0.2) is 4.79 Å². The summed E-state index contributed by atoms with van der Waals surface area (Å²) in [4.78, 5) is 20.6. The van der Waals surface area contributed by atoms with E-state index in [1.54, 1.807) is 6.92 Å². The quantitative estimate of drug-likeness (QED) is 0.467. The number of rotatable bonds is 3. The van der Waals surface area contributed by atoms with Crippen LogP contribution in [0.4, 0.5) is 5.69 Å². The lowest BCUT2D eigenvalue weighted by Crippen LogP contribution is -1.99. The molecule has 15 heavy (non-hydrogen) atoms. The van der Waals surface area contributed by atoms with Gasteiger partial charge in [0.15, 0.2) is 0 Å². The number of nitrogens with zero attached hydrogens (tertiary/aromatic N) is 1. The third-order valence-corrected chi connectivity index (χ3v) is 2.00. The molecule has 0 saturated heterocycles. The van der Waals surface area contributed by atoms with Crippen LogP contribution < -0.4 is 0 Å². The second-order valence-corrected chi connectivity index (χ2v) is 3.04. The SMILES string of the molecule is C=C(C(=O)O)c1ccc([N+](=O)[O-])c(C)c1. The molecule has 1 aromatic rings. The smallest absolute Gasteiger partial charge is 0.335 e. The second-order valence-electron chi connectivity index (χ2n) is 3.04. The van der Waals surface area contributed by atoms with Crippen LogP contribution in [0.25, 0.3) is 5.57 Å². The fraction of sp³-hybridized carbons (Fsp3) is 0.100. The Labute approximate surface area is 85.8 Å². The van der Waals surface area contributed by atoms with Crippen LogP contribution in [0.15, 0.2) is 24.8 Å². The summed E-state index contributed by atoms with van der Waals surface area (Å²) in [5.74, 6) is -1.14. The van der Waals surface area contributed by atoms with Crippen LogP contribution in [0.5, 0.6) is 0 Å². The zero-order valence-electron chi connectivity index (χ0n) is 8.06. The van der Waals surface area contributed by atoms with Gasteiger partial charge < -0.3 is 5.11 Å². The van der Waals surface area contributed by atoms with E-state index in [2.05, 4.69) is 6.58 Å². The Morgan fingerprint density at radius 1 is 1.53 bits per heavy atom. The van der Waals surface area contributed by atoms with Crippen LogP contribution in [0.3, 0.4) is 0 Å². The van der Waals surface area contributed by atoms with E-state index in [0.29, 0.717) is 11.1 Å². The first kappa shape index (κ1) is 10.9. The van der Waals surface area contributed by atoms with Gasteiger partial charge in [0.1, 0.15) is 0 Å². The van der Waals surface area contributed by atoms with Crippen molar-refractivity contribution in [3.63, 3.8) is 0 Å². The summed E-state index contributed by atoms with van der Waals surface area (Å²) in [6.07, 6.45) is 0. The number of carboxylic acid groups (broad SMARTS) is 1. The number of aryl methyl sites for hydroxylation is 1. The molecule has 1 N–H and O–H groups in total. The molecule has 0 unspecified atom stereocenters. The largest absolute Gasteiger partial charge is 0.478 e. The second kappa shape index (κ2) is 3.91. The average molecular weight is 207 g/mol. The van der Waals surface area contributed by atoms with Crippen molar-refractivity contribution in [2.75, 3.05) is 0 Å². The highest BCUT2D eigenvalue weighted by Crippen LogP contribution is 2.22. The van der Waals surface area contributed by atoms with E-state index in [0.717, 1.165) is 0 Å². The molecule has 1 rings (SSSR count). The van der Waals surface area contributed by atoms with Crippen LogP contribution in [0.2, 0.25) is 0 Å². The minimum atomic E-state index is -1.14. The predicted molar refractivity (Wildman–Crippen MR) is 54.5 cm³/mol. The first-order valence-corrected chi connectivity index (χ1v) is 4.11. The van der Waals surface area contributed by atoms with Crippen molar-refractivity contribution in [2.45, 2.75) is 6.92 Å². The summed E-state index contributed by atoms with van der Waals surface area (Å²) in [6.45, 7) is 4.92. The van der Waals surface area contributed by atoms with Crippen molar-refractivity contribution in [1.82, 2.24) is 0 Å². The fourth-order valence-corrected chi connectivity index (χ4v) is 1.17. The number of nitro groups is 1. The maximum absolute atomic E-state index is 10.6. The predicted octanol–water partition coefficient (Wildman–Crippen LogP) is 2.00. The van der Waals surface area contributed by atoms with Crippen molar-refractivity contribution < 1.29 is 14.8 Å². The highest BCUT2D eigenvalue weighted by Gasteiger charge is 2.13. The molecule has 78 valence electrons. The third kappa shape index (κ3) is 2.19. The molecule has 5 nitrogen and oxygen atoms in total. The number of benzene rings is 1. The standard InChI is InChI=1S/C10H9NO4/c1-6-5-8(7(2)10(12)13)3-4-9(6)11(14)15/h3-5H,2H2,1H3,(H,12,13). The van der Waals surface area contributed by atoms with Gasteiger partial charge in [0.2, 0.25) is 0 Å². The Morgan fingerprint density at radius 2 is 2.13 bits per heavy atom. The molecule has 0 spiro atoms. The molecule has 1 aromatic carbocycles.